The topological polar surface area (TPSA) is 88.7 Å². The summed E-state index contributed by atoms with van der Waals surface area (Å²) in [5, 5.41) is 7.21. The van der Waals surface area contributed by atoms with E-state index in [1.54, 1.807) is 6.07 Å². The predicted molar refractivity (Wildman–Crippen MR) is 104 cm³/mol. The Morgan fingerprint density at radius 3 is 2.62 bits per heavy atom. The molecule has 26 heavy (non-hydrogen) atoms. The van der Waals surface area contributed by atoms with Crippen LogP contribution in [0, 0.1) is 0 Å². The molecule has 1 amide bonds. The van der Waals surface area contributed by atoms with E-state index in [1.807, 2.05) is 49.4 Å². The van der Waals surface area contributed by atoms with E-state index >= 15 is 0 Å². The summed E-state index contributed by atoms with van der Waals surface area (Å²) >= 11 is 5.90. The third-order valence-electron chi connectivity index (χ3n) is 3.42. The number of halogens is 1. The molecule has 0 aromatic heterocycles. The Bertz CT molecular complexity index is 747. The minimum absolute atomic E-state index is 0.141. The van der Waals surface area contributed by atoms with Gasteiger partial charge in [0.25, 0.3) is 5.91 Å². The third kappa shape index (κ3) is 7.03. The van der Waals surface area contributed by atoms with Crippen molar-refractivity contribution in [2.75, 3.05) is 13.2 Å². The van der Waals surface area contributed by atoms with Gasteiger partial charge in [-0.1, -0.05) is 35.9 Å². The van der Waals surface area contributed by atoms with Crippen molar-refractivity contribution in [1.29, 1.82) is 0 Å². The second-order valence-corrected chi connectivity index (χ2v) is 6.01. The molecule has 0 unspecified atom stereocenters. The predicted octanol–water partition coefficient (Wildman–Crippen LogP) is 2.46. The molecule has 0 bridgehead atoms. The number of primary amides is 1. The Labute approximate surface area is 158 Å². The van der Waals surface area contributed by atoms with E-state index in [9.17, 15) is 4.79 Å². The highest BCUT2D eigenvalue weighted by atomic mass is 35.5. The number of ether oxygens (including phenoxy) is 1. The molecule has 0 fully saturated rings. The number of benzene rings is 2. The molecule has 0 saturated carbocycles. The van der Waals surface area contributed by atoms with Gasteiger partial charge in [-0.15, -0.1) is 0 Å². The standard InChI is InChI=1S/C19H23ClN4O2/c1-2-22-19(23-11-14-6-8-16(20)9-7-14)24-12-15-4-3-5-17(10-15)26-13-18(21)25/h3-10H,2,11-13H2,1H3,(H2,21,25)(H2,22,23,24). The Hall–Kier alpha value is -2.73. The summed E-state index contributed by atoms with van der Waals surface area (Å²) in [5.41, 5.74) is 7.17. The number of nitrogens with two attached hydrogens (primary N) is 1. The molecule has 4 N–H and O–H groups in total. The van der Waals surface area contributed by atoms with Crippen molar-refractivity contribution in [2.24, 2.45) is 10.7 Å². The highest BCUT2D eigenvalue weighted by Gasteiger charge is 2.01. The lowest BCUT2D eigenvalue weighted by atomic mass is 10.2. The molecule has 0 radical (unpaired) electrons. The van der Waals surface area contributed by atoms with Crippen LogP contribution in [0.4, 0.5) is 0 Å². The van der Waals surface area contributed by atoms with Crippen LogP contribution in [-0.4, -0.2) is 25.0 Å². The van der Waals surface area contributed by atoms with Crippen LogP contribution in [0.15, 0.2) is 53.5 Å². The molecule has 2 aromatic carbocycles. The molecule has 2 aromatic rings. The monoisotopic (exact) mass is 374 g/mol. The van der Waals surface area contributed by atoms with Crippen LogP contribution < -0.4 is 21.1 Å². The van der Waals surface area contributed by atoms with Crippen molar-refractivity contribution in [1.82, 2.24) is 10.6 Å². The van der Waals surface area contributed by atoms with Crippen molar-refractivity contribution >= 4 is 23.5 Å². The van der Waals surface area contributed by atoms with Gasteiger partial charge < -0.3 is 21.1 Å². The highest BCUT2D eigenvalue weighted by molar-refractivity contribution is 6.30. The second kappa shape index (κ2) is 10.3. The Morgan fingerprint density at radius 1 is 1.15 bits per heavy atom. The highest BCUT2D eigenvalue weighted by Crippen LogP contribution is 2.14. The molecule has 0 aliphatic carbocycles. The van der Waals surface area contributed by atoms with Gasteiger partial charge in [0.15, 0.2) is 12.6 Å². The molecule has 7 heteroatoms. The van der Waals surface area contributed by atoms with Gasteiger partial charge in [0.2, 0.25) is 0 Å². The maximum atomic E-state index is 10.8. The van der Waals surface area contributed by atoms with Crippen molar-refractivity contribution in [2.45, 2.75) is 20.0 Å². The van der Waals surface area contributed by atoms with Crippen LogP contribution >= 0.6 is 11.6 Å². The van der Waals surface area contributed by atoms with Gasteiger partial charge in [-0.25, -0.2) is 4.99 Å². The fourth-order valence-corrected chi connectivity index (χ4v) is 2.31. The third-order valence-corrected chi connectivity index (χ3v) is 3.67. The van der Waals surface area contributed by atoms with E-state index < -0.39 is 5.91 Å². The lowest BCUT2D eigenvalue weighted by molar-refractivity contribution is -0.119. The number of rotatable bonds is 8. The molecular formula is C19H23ClN4O2. The van der Waals surface area contributed by atoms with Gasteiger partial charge in [0, 0.05) is 18.1 Å². The second-order valence-electron chi connectivity index (χ2n) is 5.58. The molecule has 138 valence electrons. The SMILES string of the molecule is CCNC(=NCc1cccc(OCC(N)=O)c1)NCc1ccc(Cl)cc1. The minimum atomic E-state index is -0.505. The normalized spacial score (nSPS) is 11.1. The van der Waals surface area contributed by atoms with E-state index in [0.717, 1.165) is 17.7 Å². The average molecular weight is 375 g/mol. The molecule has 0 heterocycles. The van der Waals surface area contributed by atoms with Crippen molar-refractivity contribution < 1.29 is 9.53 Å². The van der Waals surface area contributed by atoms with E-state index in [-0.39, 0.29) is 6.61 Å². The number of nitrogens with one attached hydrogen (secondary N) is 2. The van der Waals surface area contributed by atoms with Crippen LogP contribution in [0.2, 0.25) is 5.02 Å². The number of amides is 1. The van der Waals surface area contributed by atoms with Gasteiger partial charge >= 0.3 is 0 Å². The summed E-state index contributed by atoms with van der Waals surface area (Å²) in [6.07, 6.45) is 0. The van der Waals surface area contributed by atoms with E-state index in [4.69, 9.17) is 22.1 Å². The molecule has 0 spiro atoms. The van der Waals surface area contributed by atoms with E-state index in [0.29, 0.717) is 29.8 Å². The first kappa shape index (κ1) is 19.6. The summed E-state index contributed by atoms with van der Waals surface area (Å²) in [4.78, 5) is 15.4. The van der Waals surface area contributed by atoms with Gasteiger partial charge in [-0.3, -0.25) is 4.79 Å². The summed E-state index contributed by atoms with van der Waals surface area (Å²) in [6.45, 7) is 3.75. The van der Waals surface area contributed by atoms with Gasteiger partial charge in [-0.05, 0) is 42.3 Å². The van der Waals surface area contributed by atoms with Gasteiger partial charge in [-0.2, -0.15) is 0 Å². The van der Waals surface area contributed by atoms with E-state index in [1.165, 1.54) is 0 Å². The molecule has 6 nitrogen and oxygen atoms in total. The van der Waals surface area contributed by atoms with Crippen LogP contribution in [0.1, 0.15) is 18.1 Å². The van der Waals surface area contributed by atoms with Gasteiger partial charge in [0.1, 0.15) is 5.75 Å². The zero-order valence-electron chi connectivity index (χ0n) is 14.7. The molecule has 0 saturated heterocycles. The van der Waals surface area contributed by atoms with Gasteiger partial charge in [0.05, 0.1) is 6.54 Å². The first-order chi connectivity index (χ1) is 12.6. The summed E-state index contributed by atoms with van der Waals surface area (Å²) in [5.74, 6) is 0.802. The number of hydrogen-bond donors (Lipinski definition) is 3. The number of hydrogen-bond acceptors (Lipinski definition) is 3. The summed E-state index contributed by atoms with van der Waals surface area (Å²) in [6, 6.07) is 15.1. The van der Waals surface area contributed by atoms with E-state index in [2.05, 4.69) is 15.6 Å². The number of aliphatic imine (C=N–C) groups is 1. The zero-order chi connectivity index (χ0) is 18.8. The van der Waals surface area contributed by atoms with Crippen LogP contribution in [0.5, 0.6) is 5.75 Å². The Balaban J connectivity index is 1.96. The van der Waals surface area contributed by atoms with Crippen LogP contribution in [0.3, 0.4) is 0 Å². The fraction of sp³-hybridized carbons (Fsp3) is 0.263. The number of carbonyl (C=O) groups is 1. The lowest BCUT2D eigenvalue weighted by Gasteiger charge is -2.12. The minimum Gasteiger partial charge on any atom is -0.484 e. The smallest absolute Gasteiger partial charge is 0.255 e. The van der Waals surface area contributed by atoms with Crippen LogP contribution in [-0.2, 0) is 17.9 Å². The fourth-order valence-electron chi connectivity index (χ4n) is 2.19. The molecule has 0 aliphatic heterocycles. The maximum Gasteiger partial charge on any atom is 0.255 e. The summed E-state index contributed by atoms with van der Waals surface area (Å²) < 4.78 is 5.31. The first-order valence-electron chi connectivity index (χ1n) is 8.33. The number of carbonyl (C=O) groups excluding carboxylic acids is 1. The quantitative estimate of drug-likeness (QED) is 0.489. The average Bonchev–Trinajstić information content (AvgIpc) is 2.64. The lowest BCUT2D eigenvalue weighted by Crippen LogP contribution is -2.36. The summed E-state index contributed by atoms with van der Waals surface area (Å²) in [7, 11) is 0. The largest absolute Gasteiger partial charge is 0.484 e. The van der Waals surface area contributed by atoms with Crippen molar-refractivity contribution in [3.63, 3.8) is 0 Å². The maximum absolute atomic E-state index is 10.8. The Kier molecular flexibility index (Phi) is 7.76. The Morgan fingerprint density at radius 2 is 1.92 bits per heavy atom. The number of nitrogens with zero attached hydrogens (tertiary/aromatic N) is 1. The molecular weight excluding hydrogens is 352 g/mol. The molecule has 0 aliphatic rings. The van der Waals surface area contributed by atoms with Crippen LogP contribution in [0.25, 0.3) is 0 Å². The first-order valence-corrected chi connectivity index (χ1v) is 8.71. The van der Waals surface area contributed by atoms with Crippen molar-refractivity contribution in [3.05, 3.63) is 64.7 Å². The number of guanidine groups is 1. The molecule has 0 atom stereocenters. The molecule has 2 rings (SSSR count). The van der Waals surface area contributed by atoms with Crippen molar-refractivity contribution in [3.8, 4) is 5.75 Å². The zero-order valence-corrected chi connectivity index (χ0v) is 15.4.